The van der Waals surface area contributed by atoms with E-state index in [4.69, 9.17) is 14.7 Å². The van der Waals surface area contributed by atoms with Crippen molar-refractivity contribution in [1.29, 1.82) is 0 Å². The van der Waals surface area contributed by atoms with E-state index in [2.05, 4.69) is 15.2 Å². The van der Waals surface area contributed by atoms with Crippen LogP contribution in [0.25, 0.3) is 10.6 Å². The largest absolute Gasteiger partial charge is 0.479 e. The third-order valence-corrected chi connectivity index (χ3v) is 6.11. The molecule has 0 unspecified atom stereocenters. The molecule has 0 saturated carbocycles. The van der Waals surface area contributed by atoms with Crippen LogP contribution in [0, 0.1) is 0 Å². The lowest BCUT2D eigenvalue weighted by Crippen LogP contribution is -2.11. The number of oxime groups is 1. The van der Waals surface area contributed by atoms with E-state index in [1.807, 2.05) is 6.07 Å². The Balaban J connectivity index is 1.57. The number of hydrogen-bond donors (Lipinski definition) is 1. The molecule has 0 radical (unpaired) electrons. The van der Waals surface area contributed by atoms with Gasteiger partial charge in [-0.15, -0.1) is 0 Å². The van der Waals surface area contributed by atoms with Gasteiger partial charge in [-0.1, -0.05) is 46.8 Å². The number of nitrogens with zero attached hydrogens (tertiary/aromatic N) is 4. The van der Waals surface area contributed by atoms with Crippen LogP contribution in [0.15, 0.2) is 82.9 Å². The van der Waals surface area contributed by atoms with Crippen LogP contribution >= 0.6 is 11.3 Å². The number of ether oxygens (including phenoxy) is 1. The summed E-state index contributed by atoms with van der Waals surface area (Å²) < 4.78 is 46.4. The monoisotopic (exact) mass is 542 g/mol. The molecule has 1 heterocycles. The Kier molecular flexibility index (Phi) is 7.91. The van der Waals surface area contributed by atoms with Gasteiger partial charge in [-0.25, -0.2) is 14.5 Å². The van der Waals surface area contributed by atoms with Gasteiger partial charge in [0.15, 0.2) is 0 Å². The minimum atomic E-state index is -4.46. The number of carboxylic acid groups (broad SMARTS) is 1. The first-order chi connectivity index (χ1) is 18.1. The van der Waals surface area contributed by atoms with Crippen LogP contribution in [0.1, 0.15) is 18.1 Å². The number of halogens is 3. The maximum absolute atomic E-state index is 13.0. The molecular weight excluding hydrogens is 521 g/mol. The topological polar surface area (TPSA) is 98.3 Å². The average molecular weight is 543 g/mol. The van der Waals surface area contributed by atoms with E-state index in [0.29, 0.717) is 38.1 Å². The summed E-state index contributed by atoms with van der Waals surface area (Å²) >= 11 is 1.32. The number of carboxylic acids is 1. The zero-order valence-corrected chi connectivity index (χ0v) is 21.0. The van der Waals surface area contributed by atoms with Crippen molar-refractivity contribution in [1.82, 2.24) is 9.78 Å². The lowest BCUT2D eigenvalue weighted by atomic mass is 10.1. The van der Waals surface area contributed by atoms with Crippen molar-refractivity contribution >= 4 is 28.7 Å². The fourth-order valence-corrected chi connectivity index (χ4v) is 4.18. The van der Waals surface area contributed by atoms with Crippen molar-refractivity contribution < 1.29 is 32.6 Å². The molecule has 12 heteroatoms. The Hall–Kier alpha value is -4.45. The van der Waals surface area contributed by atoms with Crippen molar-refractivity contribution in [2.75, 3.05) is 6.61 Å². The third-order valence-electron chi connectivity index (χ3n) is 5.06. The number of aryl methyl sites for hydroxylation is 1. The summed E-state index contributed by atoms with van der Waals surface area (Å²) in [5.41, 5.74) is 1.76. The van der Waals surface area contributed by atoms with Gasteiger partial charge in [0.05, 0.1) is 17.0 Å². The lowest BCUT2D eigenvalue weighted by molar-refractivity contribution is -0.142. The molecule has 0 aliphatic carbocycles. The smallest absolute Gasteiger partial charge is 0.416 e. The number of aromatic nitrogens is 2. The molecule has 0 atom stereocenters. The predicted octanol–water partition coefficient (Wildman–Crippen LogP) is 6.02. The van der Waals surface area contributed by atoms with E-state index in [1.165, 1.54) is 23.5 Å². The summed E-state index contributed by atoms with van der Waals surface area (Å²) in [7, 11) is 1.75. The van der Waals surface area contributed by atoms with Crippen LogP contribution in [0.5, 0.6) is 11.5 Å². The van der Waals surface area contributed by atoms with Gasteiger partial charge in [0.1, 0.15) is 16.5 Å². The summed E-state index contributed by atoms with van der Waals surface area (Å²) in [5.74, 6) is -0.679. The van der Waals surface area contributed by atoms with Gasteiger partial charge in [0.25, 0.3) is 0 Å². The van der Waals surface area contributed by atoms with E-state index >= 15 is 0 Å². The minimum Gasteiger partial charge on any atom is -0.479 e. The Morgan fingerprint density at radius 3 is 2.50 bits per heavy atom. The summed E-state index contributed by atoms with van der Waals surface area (Å²) in [5, 5.41) is 17.6. The molecule has 0 fully saturated rings. The van der Waals surface area contributed by atoms with E-state index in [1.54, 1.807) is 61.1 Å². The van der Waals surface area contributed by atoms with Crippen molar-refractivity contribution in [3.63, 3.8) is 0 Å². The van der Waals surface area contributed by atoms with Crippen molar-refractivity contribution in [3.8, 4) is 22.1 Å². The van der Waals surface area contributed by atoms with Gasteiger partial charge in [-0.3, -0.25) is 0 Å². The molecule has 0 bridgehead atoms. The molecule has 38 heavy (non-hydrogen) atoms. The number of rotatable bonds is 8. The van der Waals surface area contributed by atoms with Gasteiger partial charge in [0, 0.05) is 18.2 Å². The van der Waals surface area contributed by atoms with Crippen LogP contribution in [-0.2, 0) is 22.9 Å². The summed E-state index contributed by atoms with van der Waals surface area (Å²) in [6, 6.07) is 18.8. The molecule has 4 rings (SSSR count). The maximum Gasteiger partial charge on any atom is 0.416 e. The Morgan fingerprint density at radius 2 is 1.76 bits per heavy atom. The molecule has 3 aromatic carbocycles. The van der Waals surface area contributed by atoms with Crippen LogP contribution in [-0.4, -0.2) is 33.2 Å². The van der Waals surface area contributed by atoms with Crippen LogP contribution in [0.4, 0.5) is 18.9 Å². The second-order valence-electron chi connectivity index (χ2n) is 7.97. The van der Waals surface area contributed by atoms with Crippen LogP contribution in [0.2, 0.25) is 0 Å². The second-order valence-corrected chi connectivity index (χ2v) is 8.93. The minimum absolute atomic E-state index is 0.0735. The highest BCUT2D eigenvalue weighted by Crippen LogP contribution is 2.33. The highest BCUT2D eigenvalue weighted by molar-refractivity contribution is 7.12. The van der Waals surface area contributed by atoms with E-state index < -0.39 is 24.3 Å². The molecule has 8 nitrogen and oxygen atoms in total. The molecule has 0 spiro atoms. The quantitative estimate of drug-likeness (QED) is 0.217. The molecule has 0 amide bonds. The number of aliphatic carboxylic acids is 1. The molecule has 1 aromatic heterocycles. The molecular formula is C26H21F3N4O4S. The van der Waals surface area contributed by atoms with Gasteiger partial charge in [-0.05, 0) is 49.4 Å². The highest BCUT2D eigenvalue weighted by atomic mass is 32.1. The van der Waals surface area contributed by atoms with Gasteiger partial charge in [0.2, 0.25) is 11.4 Å². The SMILES string of the molecule is C/C(=N\OCC(=O)O)c1cccc(N=c2sc(-c3cccc(Oc4cccc(C(F)(F)F)c4)c3)nn2C)c1. The van der Waals surface area contributed by atoms with E-state index in [-0.39, 0.29) is 5.75 Å². The first-order valence-corrected chi connectivity index (χ1v) is 11.9. The first kappa shape index (κ1) is 26.6. The maximum atomic E-state index is 13.0. The number of carbonyl (C=O) groups is 1. The summed E-state index contributed by atoms with van der Waals surface area (Å²) in [6.07, 6.45) is -4.46. The van der Waals surface area contributed by atoms with Crippen molar-refractivity contribution in [3.05, 3.63) is 88.7 Å². The van der Waals surface area contributed by atoms with Crippen molar-refractivity contribution in [2.45, 2.75) is 13.1 Å². The predicted molar refractivity (Wildman–Crippen MR) is 136 cm³/mol. The lowest BCUT2D eigenvalue weighted by Gasteiger charge is -2.10. The second kappa shape index (κ2) is 11.3. The fraction of sp³-hybridized carbons (Fsp3) is 0.154. The zero-order chi connectivity index (χ0) is 27.3. The van der Waals surface area contributed by atoms with Crippen LogP contribution < -0.4 is 9.54 Å². The molecule has 196 valence electrons. The van der Waals surface area contributed by atoms with Gasteiger partial charge < -0.3 is 14.7 Å². The Morgan fingerprint density at radius 1 is 1.05 bits per heavy atom. The number of hydrogen-bond acceptors (Lipinski definition) is 7. The van der Waals surface area contributed by atoms with E-state index in [0.717, 1.165) is 12.1 Å². The Labute approximate surface area is 218 Å². The third kappa shape index (κ3) is 6.85. The van der Waals surface area contributed by atoms with Crippen LogP contribution in [0.3, 0.4) is 0 Å². The molecule has 0 saturated heterocycles. The fourth-order valence-electron chi connectivity index (χ4n) is 3.28. The highest BCUT2D eigenvalue weighted by Gasteiger charge is 2.30. The normalized spacial score (nSPS) is 12.4. The zero-order valence-electron chi connectivity index (χ0n) is 20.1. The van der Waals surface area contributed by atoms with Gasteiger partial charge >= 0.3 is 12.1 Å². The number of benzene rings is 3. The van der Waals surface area contributed by atoms with E-state index in [9.17, 15) is 18.0 Å². The average Bonchev–Trinajstić information content (AvgIpc) is 3.24. The molecule has 0 aliphatic rings. The summed E-state index contributed by atoms with van der Waals surface area (Å²) in [6.45, 7) is 1.16. The summed E-state index contributed by atoms with van der Waals surface area (Å²) in [4.78, 5) is 20.6. The standard InChI is InChI=1S/C26H21F3N4O4S/c1-16(32-36-15-23(34)35)17-6-3-9-20(12-17)30-25-33(2)31-24(38-25)18-7-4-10-21(13-18)37-22-11-5-8-19(14-22)26(27,28)29/h3-14H,15H2,1-2H3,(H,34,35)/b30-25?,32-16+. The number of alkyl halides is 3. The molecule has 1 N–H and O–H groups in total. The molecule has 4 aromatic rings. The van der Waals surface area contributed by atoms with Gasteiger partial charge in [-0.2, -0.15) is 18.3 Å². The Bertz CT molecular complexity index is 1560. The first-order valence-electron chi connectivity index (χ1n) is 11.1. The molecule has 0 aliphatic heterocycles. The van der Waals surface area contributed by atoms with Crippen molar-refractivity contribution in [2.24, 2.45) is 17.2 Å².